The van der Waals surface area contributed by atoms with Crippen molar-refractivity contribution >= 4 is 5.97 Å². The van der Waals surface area contributed by atoms with E-state index in [1.165, 1.54) is 0 Å². The lowest BCUT2D eigenvalue weighted by atomic mass is 10.0. The minimum atomic E-state index is -0.841. The molecule has 2 aromatic rings. The number of aryl methyl sites for hydroxylation is 1. The minimum Gasteiger partial charge on any atom is -0.481 e. The van der Waals surface area contributed by atoms with Gasteiger partial charge in [-0.15, -0.1) is 0 Å². The first-order chi connectivity index (χ1) is 8.16. The van der Waals surface area contributed by atoms with Gasteiger partial charge in [-0.3, -0.25) is 9.78 Å². The molecule has 0 saturated carbocycles. The Morgan fingerprint density at radius 2 is 2.12 bits per heavy atom. The molecule has 2 rings (SSSR count). The van der Waals surface area contributed by atoms with E-state index in [1.54, 1.807) is 18.3 Å². The van der Waals surface area contributed by atoms with E-state index in [0.29, 0.717) is 0 Å². The molecule has 0 amide bonds. The summed E-state index contributed by atoms with van der Waals surface area (Å²) in [6, 6.07) is 11.5. The van der Waals surface area contributed by atoms with E-state index in [-0.39, 0.29) is 6.42 Å². The van der Waals surface area contributed by atoms with Gasteiger partial charge in [0.1, 0.15) is 0 Å². The molecule has 1 aromatic heterocycles. The van der Waals surface area contributed by atoms with Crippen molar-refractivity contribution in [2.75, 3.05) is 0 Å². The molecule has 0 saturated heterocycles. The Hall–Kier alpha value is -2.16. The van der Waals surface area contributed by atoms with Gasteiger partial charge in [0.05, 0.1) is 12.1 Å². The number of hydrogen-bond acceptors (Lipinski definition) is 2. The second-order valence-electron chi connectivity index (χ2n) is 3.95. The third kappa shape index (κ3) is 2.69. The molecule has 3 heteroatoms. The molecule has 1 aromatic carbocycles. The monoisotopic (exact) mass is 227 g/mol. The summed E-state index contributed by atoms with van der Waals surface area (Å²) in [6.07, 6.45) is 1.68. The molecule has 17 heavy (non-hydrogen) atoms. The average molecular weight is 227 g/mol. The van der Waals surface area contributed by atoms with E-state index in [0.717, 1.165) is 22.4 Å². The minimum absolute atomic E-state index is 0.00286. The molecule has 1 N–H and O–H groups in total. The predicted molar refractivity (Wildman–Crippen MR) is 65.7 cm³/mol. The lowest BCUT2D eigenvalue weighted by Gasteiger charge is -2.07. The van der Waals surface area contributed by atoms with Gasteiger partial charge in [0.15, 0.2) is 0 Å². The van der Waals surface area contributed by atoms with Crippen molar-refractivity contribution in [3.05, 3.63) is 53.7 Å². The molecule has 0 aliphatic carbocycles. The van der Waals surface area contributed by atoms with Gasteiger partial charge in [-0.1, -0.05) is 29.8 Å². The molecule has 0 radical (unpaired) electrons. The first kappa shape index (κ1) is 11.3. The summed E-state index contributed by atoms with van der Waals surface area (Å²) in [5, 5.41) is 8.87. The van der Waals surface area contributed by atoms with E-state index in [4.69, 9.17) is 5.11 Å². The Morgan fingerprint density at radius 1 is 1.29 bits per heavy atom. The van der Waals surface area contributed by atoms with Crippen molar-refractivity contribution in [1.29, 1.82) is 0 Å². The number of pyridine rings is 1. The van der Waals surface area contributed by atoms with E-state index in [9.17, 15) is 4.79 Å². The van der Waals surface area contributed by atoms with Gasteiger partial charge in [-0.2, -0.15) is 0 Å². The number of nitrogens with zero attached hydrogens (tertiary/aromatic N) is 1. The maximum Gasteiger partial charge on any atom is 0.307 e. The van der Waals surface area contributed by atoms with Crippen LogP contribution in [0.25, 0.3) is 11.3 Å². The number of carboxylic acids is 1. The molecular weight excluding hydrogens is 214 g/mol. The topological polar surface area (TPSA) is 50.2 Å². The zero-order valence-corrected chi connectivity index (χ0v) is 9.55. The third-order valence-corrected chi connectivity index (χ3v) is 2.52. The standard InChI is InChI=1S/C14H13NO2/c1-10-4-2-5-11(8-10)14-12(9-13(16)17)6-3-7-15-14/h2-8H,9H2,1H3,(H,16,17). The molecule has 0 bridgehead atoms. The van der Waals surface area contributed by atoms with E-state index >= 15 is 0 Å². The maximum absolute atomic E-state index is 10.8. The van der Waals surface area contributed by atoms with Crippen molar-refractivity contribution in [3.63, 3.8) is 0 Å². The Labute approximate surface area is 99.8 Å². The van der Waals surface area contributed by atoms with Crippen molar-refractivity contribution in [3.8, 4) is 11.3 Å². The van der Waals surface area contributed by atoms with Gasteiger partial charge in [-0.25, -0.2) is 0 Å². The second kappa shape index (κ2) is 4.78. The lowest BCUT2D eigenvalue weighted by molar-refractivity contribution is -0.136. The van der Waals surface area contributed by atoms with Gasteiger partial charge in [0, 0.05) is 11.8 Å². The summed E-state index contributed by atoms with van der Waals surface area (Å²) >= 11 is 0. The highest BCUT2D eigenvalue weighted by Crippen LogP contribution is 2.22. The zero-order valence-electron chi connectivity index (χ0n) is 9.55. The van der Waals surface area contributed by atoms with Crippen LogP contribution in [0.4, 0.5) is 0 Å². The fourth-order valence-electron chi connectivity index (χ4n) is 1.80. The van der Waals surface area contributed by atoms with Crippen LogP contribution in [-0.4, -0.2) is 16.1 Å². The number of carboxylic acid groups (broad SMARTS) is 1. The maximum atomic E-state index is 10.8. The Balaban J connectivity index is 2.47. The molecular formula is C14H13NO2. The number of rotatable bonds is 3. The highest BCUT2D eigenvalue weighted by molar-refractivity contribution is 5.75. The van der Waals surface area contributed by atoms with E-state index in [1.807, 2.05) is 31.2 Å². The van der Waals surface area contributed by atoms with Gasteiger partial charge < -0.3 is 5.11 Å². The van der Waals surface area contributed by atoms with Crippen LogP contribution in [0, 0.1) is 6.92 Å². The number of carbonyl (C=O) groups is 1. The summed E-state index contributed by atoms with van der Waals surface area (Å²) in [7, 11) is 0. The van der Waals surface area contributed by atoms with Crippen LogP contribution in [-0.2, 0) is 11.2 Å². The first-order valence-electron chi connectivity index (χ1n) is 5.39. The smallest absolute Gasteiger partial charge is 0.307 e. The summed E-state index contributed by atoms with van der Waals surface area (Å²) < 4.78 is 0. The molecule has 3 nitrogen and oxygen atoms in total. The average Bonchev–Trinajstić information content (AvgIpc) is 2.29. The van der Waals surface area contributed by atoms with Crippen molar-refractivity contribution in [2.24, 2.45) is 0 Å². The second-order valence-corrected chi connectivity index (χ2v) is 3.95. The van der Waals surface area contributed by atoms with Gasteiger partial charge in [0.2, 0.25) is 0 Å². The van der Waals surface area contributed by atoms with E-state index < -0.39 is 5.97 Å². The van der Waals surface area contributed by atoms with Gasteiger partial charge in [-0.05, 0) is 24.6 Å². The van der Waals surface area contributed by atoms with Gasteiger partial charge >= 0.3 is 5.97 Å². The van der Waals surface area contributed by atoms with Crippen LogP contribution < -0.4 is 0 Å². The molecule has 0 aliphatic rings. The Morgan fingerprint density at radius 3 is 2.82 bits per heavy atom. The molecule has 0 aliphatic heterocycles. The Bertz CT molecular complexity index is 549. The Kier molecular flexibility index (Phi) is 3.19. The van der Waals surface area contributed by atoms with Crippen molar-refractivity contribution < 1.29 is 9.90 Å². The fraction of sp³-hybridized carbons (Fsp3) is 0.143. The zero-order chi connectivity index (χ0) is 12.3. The third-order valence-electron chi connectivity index (χ3n) is 2.52. The van der Waals surface area contributed by atoms with E-state index in [2.05, 4.69) is 4.98 Å². The van der Waals surface area contributed by atoms with Crippen LogP contribution in [0.1, 0.15) is 11.1 Å². The molecule has 0 fully saturated rings. The summed E-state index contributed by atoms with van der Waals surface area (Å²) in [6.45, 7) is 2.00. The van der Waals surface area contributed by atoms with Crippen LogP contribution in [0.5, 0.6) is 0 Å². The molecule has 0 spiro atoms. The number of benzene rings is 1. The molecule has 86 valence electrons. The summed E-state index contributed by atoms with van der Waals surface area (Å²) in [5.41, 5.74) is 3.58. The number of hydrogen-bond donors (Lipinski definition) is 1. The van der Waals surface area contributed by atoms with Crippen LogP contribution in [0.15, 0.2) is 42.6 Å². The first-order valence-corrected chi connectivity index (χ1v) is 5.39. The molecule has 0 unspecified atom stereocenters. The van der Waals surface area contributed by atoms with Crippen LogP contribution in [0.3, 0.4) is 0 Å². The SMILES string of the molecule is Cc1cccc(-c2ncccc2CC(=O)O)c1. The largest absolute Gasteiger partial charge is 0.481 e. The van der Waals surface area contributed by atoms with Crippen molar-refractivity contribution in [1.82, 2.24) is 4.98 Å². The highest BCUT2D eigenvalue weighted by atomic mass is 16.4. The van der Waals surface area contributed by atoms with Crippen molar-refractivity contribution in [2.45, 2.75) is 13.3 Å². The number of aliphatic carboxylic acids is 1. The lowest BCUT2D eigenvalue weighted by Crippen LogP contribution is -2.02. The number of aromatic nitrogens is 1. The quantitative estimate of drug-likeness (QED) is 0.877. The van der Waals surface area contributed by atoms with Crippen LogP contribution >= 0.6 is 0 Å². The normalized spacial score (nSPS) is 10.2. The predicted octanol–water partition coefficient (Wildman–Crippen LogP) is 2.68. The highest BCUT2D eigenvalue weighted by Gasteiger charge is 2.09. The summed E-state index contributed by atoms with van der Waals surface area (Å²) in [4.78, 5) is 15.1. The summed E-state index contributed by atoms with van der Waals surface area (Å²) in [5.74, 6) is -0.841. The molecule has 1 heterocycles. The van der Waals surface area contributed by atoms with Crippen LogP contribution in [0.2, 0.25) is 0 Å². The fourth-order valence-corrected chi connectivity index (χ4v) is 1.80. The molecule has 0 atom stereocenters. The van der Waals surface area contributed by atoms with Gasteiger partial charge in [0.25, 0.3) is 0 Å².